The summed E-state index contributed by atoms with van der Waals surface area (Å²) in [7, 11) is 0. The summed E-state index contributed by atoms with van der Waals surface area (Å²) < 4.78 is 0. The average molecular weight is 239 g/mol. The quantitative estimate of drug-likeness (QED) is 0.696. The van der Waals surface area contributed by atoms with Crippen LogP contribution in [0.2, 0.25) is 0 Å². The van der Waals surface area contributed by atoms with Gasteiger partial charge in [0.15, 0.2) is 0 Å². The van der Waals surface area contributed by atoms with E-state index in [1.54, 1.807) is 0 Å². The Balaban J connectivity index is 2.26. The van der Waals surface area contributed by atoms with Gasteiger partial charge in [0.2, 0.25) is 0 Å². The molecule has 0 radical (unpaired) electrons. The van der Waals surface area contributed by atoms with Gasteiger partial charge in [-0.25, -0.2) is 0 Å². The van der Waals surface area contributed by atoms with Crippen LogP contribution in [0.25, 0.3) is 0 Å². The van der Waals surface area contributed by atoms with E-state index >= 15 is 0 Å². The summed E-state index contributed by atoms with van der Waals surface area (Å²) in [5.74, 6) is 0.825. The summed E-state index contributed by atoms with van der Waals surface area (Å²) in [6.45, 7) is 10.2. The highest BCUT2D eigenvalue weighted by atomic mass is 32.1. The Hall–Kier alpha value is -0.340. The molecule has 0 aliphatic carbocycles. The minimum Gasteiger partial charge on any atom is -0.309 e. The number of thiophene rings is 1. The van der Waals surface area contributed by atoms with Crippen LogP contribution in [0.1, 0.15) is 56.3 Å². The molecular weight excluding hydrogens is 214 g/mol. The first-order chi connectivity index (χ1) is 7.63. The second kappa shape index (κ2) is 7.08. The van der Waals surface area contributed by atoms with Gasteiger partial charge < -0.3 is 5.32 Å². The normalized spacial score (nSPS) is 13.3. The number of hydrogen-bond donors (Lipinski definition) is 1. The molecule has 1 rings (SSSR count). The van der Waals surface area contributed by atoms with Crippen LogP contribution >= 0.6 is 11.3 Å². The zero-order chi connectivity index (χ0) is 12.0. The molecular formula is C14H25NS. The molecule has 0 saturated carbocycles. The standard InChI is InChI=1S/C14H25NS/c1-5-13-8-9-14(16-13)12(4)15-10-6-7-11(2)3/h8-9,11-12,15H,5-7,10H2,1-4H3. The van der Waals surface area contributed by atoms with E-state index in [0.717, 1.165) is 18.9 Å². The third-order valence-electron chi connectivity index (χ3n) is 2.87. The van der Waals surface area contributed by atoms with Gasteiger partial charge >= 0.3 is 0 Å². The molecule has 0 amide bonds. The lowest BCUT2D eigenvalue weighted by molar-refractivity contribution is 0.500. The molecule has 1 aromatic rings. The summed E-state index contributed by atoms with van der Waals surface area (Å²) in [5.41, 5.74) is 0. The fourth-order valence-corrected chi connectivity index (χ4v) is 2.73. The molecule has 0 saturated heterocycles. The van der Waals surface area contributed by atoms with Crippen LogP contribution in [-0.2, 0) is 6.42 Å². The number of nitrogens with one attached hydrogen (secondary N) is 1. The first-order valence-electron chi connectivity index (χ1n) is 6.45. The fraction of sp³-hybridized carbons (Fsp3) is 0.714. The maximum absolute atomic E-state index is 3.60. The third kappa shape index (κ3) is 4.67. The highest BCUT2D eigenvalue weighted by molar-refractivity contribution is 7.12. The van der Waals surface area contributed by atoms with Gasteiger partial charge in [-0.3, -0.25) is 0 Å². The molecule has 0 aliphatic heterocycles. The van der Waals surface area contributed by atoms with E-state index in [4.69, 9.17) is 0 Å². The van der Waals surface area contributed by atoms with Crippen molar-refractivity contribution in [1.82, 2.24) is 5.32 Å². The number of hydrogen-bond acceptors (Lipinski definition) is 2. The van der Waals surface area contributed by atoms with Gasteiger partial charge in [-0.15, -0.1) is 11.3 Å². The SMILES string of the molecule is CCc1ccc(C(C)NCCCC(C)C)s1. The molecule has 16 heavy (non-hydrogen) atoms. The molecule has 0 aliphatic rings. The Morgan fingerprint density at radius 1 is 1.25 bits per heavy atom. The van der Waals surface area contributed by atoms with E-state index in [1.807, 2.05) is 11.3 Å². The van der Waals surface area contributed by atoms with Gasteiger partial charge in [0.25, 0.3) is 0 Å². The first kappa shape index (κ1) is 13.7. The van der Waals surface area contributed by atoms with Gasteiger partial charge in [-0.1, -0.05) is 20.8 Å². The first-order valence-corrected chi connectivity index (χ1v) is 7.27. The molecule has 0 fully saturated rings. The monoisotopic (exact) mass is 239 g/mol. The highest BCUT2D eigenvalue weighted by Crippen LogP contribution is 2.23. The molecule has 1 atom stereocenters. The fourth-order valence-electron chi connectivity index (χ4n) is 1.75. The van der Waals surface area contributed by atoms with E-state index in [0.29, 0.717) is 6.04 Å². The lowest BCUT2D eigenvalue weighted by Crippen LogP contribution is -2.19. The van der Waals surface area contributed by atoms with Crippen LogP contribution < -0.4 is 5.32 Å². The molecule has 1 aromatic heterocycles. The topological polar surface area (TPSA) is 12.0 Å². The van der Waals surface area contributed by atoms with Crippen LogP contribution in [0, 0.1) is 5.92 Å². The van der Waals surface area contributed by atoms with Crippen LogP contribution in [-0.4, -0.2) is 6.54 Å². The molecule has 2 heteroatoms. The van der Waals surface area contributed by atoms with E-state index in [2.05, 4.69) is 45.1 Å². The summed E-state index contributed by atoms with van der Waals surface area (Å²) in [6, 6.07) is 5.04. The van der Waals surface area contributed by atoms with Crippen molar-refractivity contribution in [3.8, 4) is 0 Å². The van der Waals surface area contributed by atoms with Crippen molar-refractivity contribution in [3.05, 3.63) is 21.9 Å². The van der Waals surface area contributed by atoms with Crippen LogP contribution in [0.4, 0.5) is 0 Å². The lowest BCUT2D eigenvalue weighted by Gasteiger charge is -2.12. The largest absolute Gasteiger partial charge is 0.309 e. The minimum atomic E-state index is 0.512. The van der Waals surface area contributed by atoms with Crippen molar-refractivity contribution in [2.24, 2.45) is 5.92 Å². The van der Waals surface area contributed by atoms with E-state index < -0.39 is 0 Å². The van der Waals surface area contributed by atoms with Crippen LogP contribution in [0.5, 0.6) is 0 Å². The minimum absolute atomic E-state index is 0.512. The molecule has 1 heterocycles. The smallest absolute Gasteiger partial charge is 0.0386 e. The summed E-state index contributed by atoms with van der Waals surface area (Å²) in [5, 5.41) is 3.60. The van der Waals surface area contributed by atoms with Gasteiger partial charge in [-0.2, -0.15) is 0 Å². The zero-order valence-electron chi connectivity index (χ0n) is 11.0. The molecule has 92 valence electrons. The molecule has 0 aromatic carbocycles. The summed E-state index contributed by atoms with van der Waals surface area (Å²) >= 11 is 1.94. The summed E-state index contributed by atoms with van der Waals surface area (Å²) in [6.07, 6.45) is 3.77. The maximum Gasteiger partial charge on any atom is 0.0386 e. The molecule has 0 spiro atoms. The van der Waals surface area contributed by atoms with Crippen LogP contribution in [0.15, 0.2) is 12.1 Å². The number of rotatable bonds is 7. The van der Waals surface area contributed by atoms with Gasteiger partial charge in [-0.05, 0) is 50.8 Å². The van der Waals surface area contributed by atoms with Gasteiger partial charge in [0, 0.05) is 15.8 Å². The Bertz CT molecular complexity index is 291. The van der Waals surface area contributed by atoms with Crippen molar-refractivity contribution in [3.63, 3.8) is 0 Å². The Morgan fingerprint density at radius 2 is 2.00 bits per heavy atom. The lowest BCUT2D eigenvalue weighted by atomic mass is 10.1. The molecule has 1 N–H and O–H groups in total. The van der Waals surface area contributed by atoms with Crippen molar-refractivity contribution in [1.29, 1.82) is 0 Å². The van der Waals surface area contributed by atoms with E-state index in [-0.39, 0.29) is 0 Å². The predicted molar refractivity (Wildman–Crippen MR) is 74.2 cm³/mol. The molecule has 1 unspecified atom stereocenters. The highest BCUT2D eigenvalue weighted by Gasteiger charge is 2.07. The van der Waals surface area contributed by atoms with Crippen molar-refractivity contribution >= 4 is 11.3 Å². The van der Waals surface area contributed by atoms with Crippen molar-refractivity contribution < 1.29 is 0 Å². The zero-order valence-corrected chi connectivity index (χ0v) is 11.9. The number of aryl methyl sites for hydroxylation is 1. The summed E-state index contributed by atoms with van der Waals surface area (Å²) in [4.78, 5) is 2.97. The van der Waals surface area contributed by atoms with Crippen molar-refractivity contribution in [2.45, 2.75) is 53.0 Å². The third-order valence-corrected chi connectivity index (χ3v) is 4.28. The second-order valence-corrected chi connectivity index (χ2v) is 6.07. The van der Waals surface area contributed by atoms with Crippen molar-refractivity contribution in [2.75, 3.05) is 6.54 Å². The Morgan fingerprint density at radius 3 is 2.56 bits per heavy atom. The van der Waals surface area contributed by atoms with Gasteiger partial charge in [0.1, 0.15) is 0 Å². The predicted octanol–water partition coefficient (Wildman–Crippen LogP) is 4.40. The second-order valence-electron chi connectivity index (χ2n) is 4.87. The maximum atomic E-state index is 3.60. The Kier molecular flexibility index (Phi) is 6.07. The van der Waals surface area contributed by atoms with Gasteiger partial charge in [0.05, 0.1) is 0 Å². The average Bonchev–Trinajstić information content (AvgIpc) is 2.72. The molecule has 0 bridgehead atoms. The molecule has 1 nitrogen and oxygen atoms in total. The van der Waals surface area contributed by atoms with E-state index in [9.17, 15) is 0 Å². The van der Waals surface area contributed by atoms with E-state index in [1.165, 1.54) is 22.6 Å². The van der Waals surface area contributed by atoms with Crippen LogP contribution in [0.3, 0.4) is 0 Å². The Labute approximate surface area is 104 Å².